The van der Waals surface area contributed by atoms with E-state index in [1.807, 2.05) is 50.4 Å². The van der Waals surface area contributed by atoms with Gasteiger partial charge in [0.1, 0.15) is 5.82 Å². The molecular weight excluding hydrogens is 442 g/mol. The van der Waals surface area contributed by atoms with Crippen molar-refractivity contribution in [3.8, 4) is 16.9 Å². The lowest BCUT2D eigenvalue weighted by Gasteiger charge is -2.34. The van der Waals surface area contributed by atoms with Gasteiger partial charge in [-0.25, -0.2) is 4.98 Å². The number of carbonyl (C=O) groups excluding carboxylic acids is 1. The number of aromatic amines is 1. The standard InChI is InChI=1S/C26H31N7O2/c1-4-18(5-2)26(34)29-20-8-6-19(7-9-20)21-14-24(32-12-13-35-16-17(32)3)30-25-22(21)15-28-33(25)23-10-11-27-31-23/h6-11,14-15,17-18H,4-5,12-13,16H2,1-3H3,(H,27,31)(H,29,34)/t17-/m1/s1. The van der Waals surface area contributed by atoms with Crippen molar-refractivity contribution in [2.24, 2.45) is 5.92 Å². The summed E-state index contributed by atoms with van der Waals surface area (Å²) >= 11 is 0. The molecule has 1 fully saturated rings. The van der Waals surface area contributed by atoms with E-state index >= 15 is 0 Å². The molecule has 1 aliphatic heterocycles. The average molecular weight is 474 g/mol. The van der Waals surface area contributed by atoms with Gasteiger partial charge in [0.05, 0.1) is 25.5 Å². The molecule has 3 aromatic heterocycles. The minimum absolute atomic E-state index is 0.0282. The number of carbonyl (C=O) groups is 1. The maximum atomic E-state index is 12.5. The third-order valence-corrected chi connectivity index (χ3v) is 6.71. The van der Waals surface area contributed by atoms with Crippen molar-refractivity contribution < 1.29 is 9.53 Å². The number of benzene rings is 1. The van der Waals surface area contributed by atoms with E-state index in [-0.39, 0.29) is 17.9 Å². The highest BCUT2D eigenvalue weighted by atomic mass is 16.5. The van der Waals surface area contributed by atoms with Gasteiger partial charge in [-0.15, -0.1) is 0 Å². The lowest BCUT2D eigenvalue weighted by molar-refractivity contribution is -0.120. The molecule has 1 aromatic carbocycles. The Bertz CT molecular complexity index is 1290. The van der Waals surface area contributed by atoms with Crippen LogP contribution in [0.5, 0.6) is 0 Å². The van der Waals surface area contributed by atoms with E-state index in [0.29, 0.717) is 19.0 Å². The van der Waals surface area contributed by atoms with Crippen LogP contribution in [0.25, 0.3) is 28.0 Å². The number of hydrogen-bond donors (Lipinski definition) is 2. The molecule has 4 aromatic rings. The Labute approximate surface area is 204 Å². The quantitative estimate of drug-likeness (QED) is 0.412. The Balaban J connectivity index is 1.55. The van der Waals surface area contributed by atoms with Crippen LogP contribution in [0.4, 0.5) is 11.5 Å². The lowest BCUT2D eigenvalue weighted by Crippen LogP contribution is -2.44. The zero-order chi connectivity index (χ0) is 24.4. The minimum Gasteiger partial charge on any atom is -0.377 e. The van der Waals surface area contributed by atoms with Gasteiger partial charge in [0, 0.05) is 35.8 Å². The van der Waals surface area contributed by atoms with Gasteiger partial charge in [-0.2, -0.15) is 14.9 Å². The van der Waals surface area contributed by atoms with Crippen LogP contribution in [0.15, 0.2) is 48.8 Å². The fraction of sp³-hybridized carbons (Fsp3) is 0.385. The Morgan fingerprint density at radius 3 is 2.69 bits per heavy atom. The summed E-state index contributed by atoms with van der Waals surface area (Å²) in [5.74, 6) is 1.66. The number of nitrogens with zero attached hydrogens (tertiary/aromatic N) is 5. The third-order valence-electron chi connectivity index (χ3n) is 6.71. The van der Waals surface area contributed by atoms with Crippen LogP contribution in [0, 0.1) is 5.92 Å². The second-order valence-corrected chi connectivity index (χ2v) is 8.95. The molecule has 1 amide bonds. The summed E-state index contributed by atoms with van der Waals surface area (Å²) in [6.07, 6.45) is 5.27. The van der Waals surface area contributed by atoms with Crippen molar-refractivity contribution in [3.63, 3.8) is 0 Å². The van der Waals surface area contributed by atoms with Gasteiger partial charge in [0.25, 0.3) is 0 Å². The van der Waals surface area contributed by atoms with Crippen molar-refractivity contribution >= 4 is 28.4 Å². The Kier molecular flexibility index (Phi) is 6.50. The largest absolute Gasteiger partial charge is 0.377 e. The van der Waals surface area contributed by atoms with Crippen LogP contribution in [0.3, 0.4) is 0 Å². The maximum Gasteiger partial charge on any atom is 0.227 e. The van der Waals surface area contributed by atoms with Crippen molar-refractivity contribution in [1.82, 2.24) is 25.0 Å². The first kappa shape index (κ1) is 23.0. The van der Waals surface area contributed by atoms with Crippen molar-refractivity contribution in [2.45, 2.75) is 39.7 Å². The van der Waals surface area contributed by atoms with E-state index in [1.165, 1.54) is 0 Å². The van der Waals surface area contributed by atoms with Crippen molar-refractivity contribution in [3.05, 3.63) is 48.8 Å². The molecule has 0 bridgehead atoms. The summed E-state index contributed by atoms with van der Waals surface area (Å²) in [6.45, 7) is 8.34. The number of amides is 1. The number of fused-ring (bicyclic) bond motifs is 1. The number of rotatable bonds is 7. The van der Waals surface area contributed by atoms with Crippen LogP contribution < -0.4 is 10.2 Å². The molecule has 5 rings (SSSR count). The first-order valence-electron chi connectivity index (χ1n) is 12.2. The molecule has 182 valence electrons. The van der Waals surface area contributed by atoms with Crippen LogP contribution >= 0.6 is 0 Å². The predicted octanol–water partition coefficient (Wildman–Crippen LogP) is 4.41. The molecule has 0 spiro atoms. The van der Waals surface area contributed by atoms with E-state index in [0.717, 1.165) is 53.1 Å². The Morgan fingerprint density at radius 1 is 1.20 bits per heavy atom. The smallest absolute Gasteiger partial charge is 0.227 e. The summed E-state index contributed by atoms with van der Waals surface area (Å²) < 4.78 is 7.40. The molecular formula is C26H31N7O2. The van der Waals surface area contributed by atoms with Crippen molar-refractivity contribution in [1.29, 1.82) is 0 Å². The third kappa shape index (κ3) is 4.51. The molecule has 9 heteroatoms. The molecule has 1 atom stereocenters. The minimum atomic E-state index is 0.0282. The van der Waals surface area contributed by atoms with E-state index in [9.17, 15) is 4.79 Å². The van der Waals surface area contributed by atoms with Crippen LogP contribution in [-0.4, -0.2) is 56.7 Å². The Morgan fingerprint density at radius 2 is 2.00 bits per heavy atom. The van der Waals surface area contributed by atoms with Gasteiger partial charge >= 0.3 is 0 Å². The first-order chi connectivity index (χ1) is 17.1. The lowest BCUT2D eigenvalue weighted by atomic mass is 10.0. The predicted molar refractivity (Wildman–Crippen MR) is 137 cm³/mol. The summed E-state index contributed by atoms with van der Waals surface area (Å²) in [5, 5.41) is 15.7. The van der Waals surface area contributed by atoms with Gasteiger partial charge in [0.15, 0.2) is 11.5 Å². The highest BCUT2D eigenvalue weighted by molar-refractivity contribution is 5.96. The number of aromatic nitrogens is 5. The number of morpholine rings is 1. The van der Waals surface area contributed by atoms with Gasteiger partial charge in [-0.05, 0) is 49.1 Å². The van der Waals surface area contributed by atoms with Crippen LogP contribution in [0.2, 0.25) is 0 Å². The number of pyridine rings is 1. The average Bonchev–Trinajstić information content (AvgIpc) is 3.55. The molecule has 0 aliphatic carbocycles. The topological polar surface area (TPSA) is 101 Å². The number of anilines is 2. The molecule has 0 radical (unpaired) electrons. The zero-order valence-corrected chi connectivity index (χ0v) is 20.4. The summed E-state index contributed by atoms with van der Waals surface area (Å²) in [5.41, 5.74) is 3.60. The van der Waals surface area contributed by atoms with Gasteiger partial charge in [-0.3, -0.25) is 9.89 Å². The molecule has 1 saturated heterocycles. The van der Waals surface area contributed by atoms with E-state index in [1.54, 1.807) is 10.9 Å². The molecule has 2 N–H and O–H groups in total. The maximum absolute atomic E-state index is 12.5. The van der Waals surface area contributed by atoms with E-state index in [4.69, 9.17) is 9.72 Å². The fourth-order valence-electron chi connectivity index (χ4n) is 4.62. The van der Waals surface area contributed by atoms with E-state index in [2.05, 4.69) is 38.5 Å². The summed E-state index contributed by atoms with van der Waals surface area (Å²) in [4.78, 5) is 19.8. The Hall–Kier alpha value is -3.72. The van der Waals surface area contributed by atoms with E-state index < -0.39 is 0 Å². The monoisotopic (exact) mass is 473 g/mol. The number of ether oxygens (including phenoxy) is 1. The highest BCUT2D eigenvalue weighted by Gasteiger charge is 2.23. The first-order valence-corrected chi connectivity index (χ1v) is 12.2. The SMILES string of the molecule is CCC(CC)C(=O)Nc1ccc(-c2cc(N3CCOC[C@H]3C)nc3c2cnn3-c2cc[nH]n2)cc1. The molecule has 1 aliphatic rings. The van der Waals surface area contributed by atoms with Gasteiger partial charge < -0.3 is 15.0 Å². The molecule has 35 heavy (non-hydrogen) atoms. The molecule has 4 heterocycles. The van der Waals surface area contributed by atoms with Crippen LogP contribution in [-0.2, 0) is 9.53 Å². The molecule has 0 unspecified atom stereocenters. The normalized spacial score (nSPS) is 16.2. The second-order valence-electron chi connectivity index (χ2n) is 8.95. The van der Waals surface area contributed by atoms with Crippen LogP contribution in [0.1, 0.15) is 33.6 Å². The number of nitrogens with one attached hydrogen (secondary N) is 2. The molecule has 0 saturated carbocycles. The fourth-order valence-corrected chi connectivity index (χ4v) is 4.62. The van der Waals surface area contributed by atoms with Gasteiger partial charge in [-0.1, -0.05) is 26.0 Å². The van der Waals surface area contributed by atoms with Crippen molar-refractivity contribution in [2.75, 3.05) is 30.0 Å². The van der Waals surface area contributed by atoms with Gasteiger partial charge in [0.2, 0.25) is 5.91 Å². The zero-order valence-electron chi connectivity index (χ0n) is 20.4. The highest BCUT2D eigenvalue weighted by Crippen LogP contribution is 2.34. The summed E-state index contributed by atoms with van der Waals surface area (Å²) in [7, 11) is 0. The number of hydrogen-bond acceptors (Lipinski definition) is 6. The molecule has 9 nitrogen and oxygen atoms in total. The number of H-pyrrole nitrogens is 1. The summed E-state index contributed by atoms with van der Waals surface area (Å²) in [6, 6.07) is 12.2. The second kappa shape index (κ2) is 9.87.